The quantitative estimate of drug-likeness (QED) is 0.738. The zero-order valence-electron chi connectivity index (χ0n) is 12.6. The van der Waals surface area contributed by atoms with Gasteiger partial charge in [0.1, 0.15) is 10.8 Å². The van der Waals surface area contributed by atoms with Gasteiger partial charge in [0.15, 0.2) is 6.61 Å². The summed E-state index contributed by atoms with van der Waals surface area (Å²) in [4.78, 5) is 17.4. The highest BCUT2D eigenvalue weighted by molar-refractivity contribution is 7.13. The molecule has 0 saturated carbocycles. The van der Waals surface area contributed by atoms with Crippen LogP contribution in [-0.4, -0.2) is 17.5 Å². The Hall–Kier alpha value is -2.18. The van der Waals surface area contributed by atoms with E-state index >= 15 is 0 Å². The van der Waals surface area contributed by atoms with Gasteiger partial charge < -0.3 is 10.1 Å². The van der Waals surface area contributed by atoms with Crippen LogP contribution in [0.15, 0.2) is 47.2 Å². The third kappa shape index (κ3) is 4.40. The Morgan fingerprint density at radius 1 is 1.26 bits per heavy atom. The number of benzene rings is 1. The highest BCUT2D eigenvalue weighted by atomic mass is 32.1. The minimum atomic E-state index is -0.131. The highest BCUT2D eigenvalue weighted by Crippen LogP contribution is 2.26. The number of hydrogen-bond acceptors (Lipinski definition) is 5. The fourth-order valence-corrected chi connectivity index (χ4v) is 3.44. The molecule has 3 aromatic rings. The number of ether oxygens (including phenoxy) is 1. The van der Waals surface area contributed by atoms with E-state index in [4.69, 9.17) is 4.74 Å². The van der Waals surface area contributed by atoms with Crippen molar-refractivity contribution in [1.29, 1.82) is 0 Å². The molecule has 0 bridgehead atoms. The average molecular weight is 344 g/mol. The van der Waals surface area contributed by atoms with Gasteiger partial charge in [-0.3, -0.25) is 4.79 Å². The van der Waals surface area contributed by atoms with Crippen molar-refractivity contribution in [1.82, 2.24) is 10.3 Å². The Balaban J connectivity index is 1.54. The maximum absolute atomic E-state index is 11.8. The SMILES string of the molecule is Cc1csc(-c2cccc(OCC(=O)NCc3cccs3)c2)n1. The average Bonchev–Trinajstić information content (AvgIpc) is 3.23. The summed E-state index contributed by atoms with van der Waals surface area (Å²) >= 11 is 3.22. The molecule has 0 saturated heterocycles. The van der Waals surface area contributed by atoms with Crippen LogP contribution in [0, 0.1) is 6.92 Å². The summed E-state index contributed by atoms with van der Waals surface area (Å²) in [5.41, 5.74) is 2.00. The summed E-state index contributed by atoms with van der Waals surface area (Å²) in [5, 5.41) is 7.80. The van der Waals surface area contributed by atoms with Crippen molar-refractivity contribution in [3.8, 4) is 16.3 Å². The third-order valence-corrected chi connectivity index (χ3v) is 5.00. The molecule has 4 nitrogen and oxygen atoms in total. The molecule has 0 fully saturated rings. The van der Waals surface area contributed by atoms with Crippen LogP contribution in [-0.2, 0) is 11.3 Å². The molecule has 0 aliphatic heterocycles. The Kier molecular flexibility index (Phi) is 5.05. The molecular weight excluding hydrogens is 328 g/mol. The standard InChI is InChI=1S/C17H16N2O2S2/c1-12-11-23-17(19-12)13-4-2-5-14(8-13)21-10-16(20)18-9-15-6-3-7-22-15/h2-8,11H,9-10H2,1H3,(H,18,20). The van der Waals surface area contributed by atoms with E-state index in [0.717, 1.165) is 21.1 Å². The number of carbonyl (C=O) groups excluding carboxylic acids is 1. The van der Waals surface area contributed by atoms with Crippen molar-refractivity contribution >= 4 is 28.6 Å². The van der Waals surface area contributed by atoms with Crippen LogP contribution in [0.5, 0.6) is 5.75 Å². The second-order valence-corrected chi connectivity index (χ2v) is 6.86. The van der Waals surface area contributed by atoms with E-state index in [2.05, 4.69) is 10.3 Å². The van der Waals surface area contributed by atoms with E-state index in [0.29, 0.717) is 12.3 Å². The Bertz CT molecular complexity index is 782. The maximum atomic E-state index is 11.8. The minimum absolute atomic E-state index is 0.00568. The minimum Gasteiger partial charge on any atom is -0.484 e. The van der Waals surface area contributed by atoms with Crippen LogP contribution in [0.2, 0.25) is 0 Å². The van der Waals surface area contributed by atoms with E-state index in [9.17, 15) is 4.79 Å². The monoisotopic (exact) mass is 344 g/mol. The lowest BCUT2D eigenvalue weighted by Crippen LogP contribution is -2.28. The zero-order chi connectivity index (χ0) is 16.1. The van der Waals surface area contributed by atoms with Crippen molar-refractivity contribution in [2.24, 2.45) is 0 Å². The summed E-state index contributed by atoms with van der Waals surface area (Å²) in [6, 6.07) is 11.6. The molecule has 0 aliphatic carbocycles. The molecule has 2 aromatic heterocycles. The van der Waals surface area contributed by atoms with Gasteiger partial charge in [-0.05, 0) is 30.5 Å². The molecule has 1 N–H and O–H groups in total. The van der Waals surface area contributed by atoms with Crippen LogP contribution in [0.4, 0.5) is 0 Å². The molecular formula is C17H16N2O2S2. The predicted octanol–water partition coefficient (Wildman–Crippen LogP) is 3.88. The molecule has 0 radical (unpaired) electrons. The molecule has 118 valence electrons. The van der Waals surface area contributed by atoms with E-state index in [-0.39, 0.29) is 12.5 Å². The molecule has 1 aromatic carbocycles. The number of carbonyl (C=O) groups is 1. The van der Waals surface area contributed by atoms with E-state index in [1.165, 1.54) is 0 Å². The first kappa shape index (κ1) is 15.7. The Labute approximate surface area is 142 Å². The molecule has 0 spiro atoms. The normalized spacial score (nSPS) is 10.5. The second kappa shape index (κ2) is 7.39. The number of thiophene rings is 1. The van der Waals surface area contributed by atoms with E-state index in [1.54, 1.807) is 22.7 Å². The van der Waals surface area contributed by atoms with Crippen LogP contribution >= 0.6 is 22.7 Å². The summed E-state index contributed by atoms with van der Waals surface area (Å²) < 4.78 is 5.57. The van der Waals surface area contributed by atoms with Crippen molar-refractivity contribution < 1.29 is 9.53 Å². The first-order valence-electron chi connectivity index (χ1n) is 7.15. The van der Waals surface area contributed by atoms with Crippen molar-refractivity contribution in [3.05, 3.63) is 57.7 Å². The highest BCUT2D eigenvalue weighted by Gasteiger charge is 2.06. The number of aryl methyl sites for hydroxylation is 1. The van der Waals surface area contributed by atoms with Crippen molar-refractivity contribution in [2.45, 2.75) is 13.5 Å². The predicted molar refractivity (Wildman–Crippen MR) is 93.9 cm³/mol. The Morgan fingerprint density at radius 3 is 2.91 bits per heavy atom. The maximum Gasteiger partial charge on any atom is 0.258 e. The molecule has 23 heavy (non-hydrogen) atoms. The van der Waals surface area contributed by atoms with Gasteiger partial charge in [-0.1, -0.05) is 18.2 Å². The summed E-state index contributed by atoms with van der Waals surface area (Å²) in [5.74, 6) is 0.538. The van der Waals surface area contributed by atoms with Crippen molar-refractivity contribution in [3.63, 3.8) is 0 Å². The van der Waals surface area contributed by atoms with Gasteiger partial charge in [0.05, 0.1) is 6.54 Å². The largest absolute Gasteiger partial charge is 0.484 e. The summed E-state index contributed by atoms with van der Waals surface area (Å²) in [7, 11) is 0. The fourth-order valence-electron chi connectivity index (χ4n) is 2.00. The third-order valence-electron chi connectivity index (χ3n) is 3.11. The van der Waals surface area contributed by atoms with Gasteiger partial charge >= 0.3 is 0 Å². The first-order valence-corrected chi connectivity index (χ1v) is 8.91. The van der Waals surface area contributed by atoms with Crippen LogP contribution in [0.25, 0.3) is 10.6 Å². The van der Waals surface area contributed by atoms with Crippen LogP contribution in [0.3, 0.4) is 0 Å². The summed E-state index contributed by atoms with van der Waals surface area (Å²) in [6.45, 7) is 2.52. The topological polar surface area (TPSA) is 51.2 Å². The number of hydrogen-bond donors (Lipinski definition) is 1. The number of nitrogens with zero attached hydrogens (tertiary/aromatic N) is 1. The van der Waals surface area contributed by atoms with Gasteiger partial charge in [0.2, 0.25) is 0 Å². The number of aromatic nitrogens is 1. The molecule has 2 heterocycles. The van der Waals surface area contributed by atoms with E-state index in [1.807, 2.05) is 54.1 Å². The number of amides is 1. The number of thiazole rings is 1. The van der Waals surface area contributed by atoms with Gasteiger partial charge in [-0.25, -0.2) is 4.98 Å². The van der Waals surface area contributed by atoms with Gasteiger partial charge in [0.25, 0.3) is 5.91 Å². The van der Waals surface area contributed by atoms with Crippen LogP contribution < -0.4 is 10.1 Å². The summed E-state index contributed by atoms with van der Waals surface area (Å²) in [6.07, 6.45) is 0. The molecule has 0 atom stereocenters. The number of nitrogens with one attached hydrogen (secondary N) is 1. The molecule has 3 rings (SSSR count). The second-order valence-electron chi connectivity index (χ2n) is 4.97. The van der Waals surface area contributed by atoms with Crippen LogP contribution in [0.1, 0.15) is 10.6 Å². The molecule has 6 heteroatoms. The Morgan fingerprint density at radius 2 is 2.17 bits per heavy atom. The van der Waals surface area contributed by atoms with Gasteiger partial charge in [-0.2, -0.15) is 0 Å². The van der Waals surface area contributed by atoms with Gasteiger partial charge in [0, 0.05) is 21.5 Å². The lowest BCUT2D eigenvalue weighted by Gasteiger charge is -2.07. The fraction of sp³-hybridized carbons (Fsp3) is 0.176. The van der Waals surface area contributed by atoms with Gasteiger partial charge in [-0.15, -0.1) is 22.7 Å². The van der Waals surface area contributed by atoms with Crippen molar-refractivity contribution in [2.75, 3.05) is 6.61 Å². The van der Waals surface area contributed by atoms with E-state index < -0.39 is 0 Å². The molecule has 0 unspecified atom stereocenters. The number of rotatable bonds is 6. The first-order chi connectivity index (χ1) is 11.2. The smallest absolute Gasteiger partial charge is 0.258 e. The molecule has 0 aliphatic rings. The lowest BCUT2D eigenvalue weighted by molar-refractivity contribution is -0.123. The molecule has 1 amide bonds. The lowest BCUT2D eigenvalue weighted by atomic mass is 10.2. The zero-order valence-corrected chi connectivity index (χ0v) is 14.2.